The lowest BCUT2D eigenvalue weighted by Gasteiger charge is -2.09. The monoisotopic (exact) mass is 295 g/mol. The van der Waals surface area contributed by atoms with Crippen LogP contribution in [0.3, 0.4) is 0 Å². The normalized spacial score (nSPS) is 10.5. The summed E-state index contributed by atoms with van der Waals surface area (Å²) in [5.74, 6) is 0.691. The Bertz CT molecular complexity index is 540. The van der Waals surface area contributed by atoms with Crippen LogP contribution in [0, 0.1) is 0 Å². The van der Waals surface area contributed by atoms with Crippen LogP contribution in [0.2, 0.25) is 10.0 Å². The van der Waals surface area contributed by atoms with Gasteiger partial charge in [0, 0.05) is 11.6 Å². The number of benzene rings is 2. The van der Waals surface area contributed by atoms with Crippen LogP contribution >= 0.6 is 23.2 Å². The molecule has 0 bridgehead atoms. The summed E-state index contributed by atoms with van der Waals surface area (Å²) < 4.78 is 5.70. The molecule has 0 spiro atoms. The molecule has 19 heavy (non-hydrogen) atoms. The van der Waals surface area contributed by atoms with Gasteiger partial charge in [-0.1, -0.05) is 41.4 Å². The molecular weight excluding hydrogens is 281 g/mol. The van der Waals surface area contributed by atoms with E-state index >= 15 is 0 Å². The highest BCUT2D eigenvalue weighted by molar-refractivity contribution is 6.32. The molecule has 0 heterocycles. The molecule has 1 N–H and O–H groups in total. The second-order valence-corrected chi connectivity index (χ2v) is 5.05. The Morgan fingerprint density at radius 1 is 1.00 bits per heavy atom. The molecule has 2 nitrogen and oxygen atoms in total. The van der Waals surface area contributed by atoms with Crippen molar-refractivity contribution in [2.45, 2.75) is 13.2 Å². The minimum absolute atomic E-state index is 0.474. The summed E-state index contributed by atoms with van der Waals surface area (Å²) in [6.07, 6.45) is 0. The zero-order valence-corrected chi connectivity index (χ0v) is 12.1. The molecule has 100 valence electrons. The number of nitrogens with one attached hydrogen (secondary N) is 1. The van der Waals surface area contributed by atoms with E-state index in [0.717, 1.165) is 22.7 Å². The minimum Gasteiger partial charge on any atom is -0.487 e. The van der Waals surface area contributed by atoms with Crippen molar-refractivity contribution in [2.24, 2.45) is 0 Å². The molecule has 2 aromatic rings. The van der Waals surface area contributed by atoms with Crippen LogP contribution in [0.15, 0.2) is 42.5 Å². The predicted octanol–water partition coefficient (Wildman–Crippen LogP) is 4.29. The van der Waals surface area contributed by atoms with Gasteiger partial charge in [0.15, 0.2) is 0 Å². The third-order valence-corrected chi connectivity index (χ3v) is 3.23. The van der Waals surface area contributed by atoms with Crippen LogP contribution in [0.4, 0.5) is 0 Å². The molecule has 0 saturated carbocycles. The van der Waals surface area contributed by atoms with E-state index in [9.17, 15) is 0 Å². The molecule has 0 saturated heterocycles. The smallest absolute Gasteiger partial charge is 0.138 e. The standard InChI is InChI=1S/C15H15Cl2NO/c1-18-9-12-4-7-15(14(17)8-12)19-10-11-2-5-13(16)6-3-11/h2-8,18H,9-10H2,1H3. The van der Waals surface area contributed by atoms with E-state index in [1.54, 1.807) is 0 Å². The first-order valence-corrected chi connectivity index (χ1v) is 6.75. The Morgan fingerprint density at radius 2 is 1.68 bits per heavy atom. The fourth-order valence-corrected chi connectivity index (χ4v) is 2.10. The van der Waals surface area contributed by atoms with E-state index in [1.807, 2.05) is 49.5 Å². The molecule has 0 aliphatic carbocycles. The van der Waals surface area contributed by atoms with Gasteiger partial charge in [-0.3, -0.25) is 0 Å². The molecule has 0 aromatic heterocycles. The summed E-state index contributed by atoms with van der Waals surface area (Å²) in [7, 11) is 1.90. The lowest BCUT2D eigenvalue weighted by Crippen LogP contribution is -2.05. The summed E-state index contributed by atoms with van der Waals surface area (Å²) >= 11 is 12.0. The van der Waals surface area contributed by atoms with Crippen molar-refractivity contribution >= 4 is 23.2 Å². The second kappa shape index (κ2) is 6.80. The van der Waals surface area contributed by atoms with Crippen LogP contribution < -0.4 is 10.1 Å². The molecule has 2 rings (SSSR count). The van der Waals surface area contributed by atoms with Crippen LogP contribution in [0.1, 0.15) is 11.1 Å². The average molecular weight is 296 g/mol. The first kappa shape index (κ1) is 14.2. The maximum atomic E-state index is 6.18. The second-order valence-electron chi connectivity index (χ2n) is 4.21. The Hall–Kier alpha value is -1.22. The molecular formula is C15H15Cl2NO. The molecule has 4 heteroatoms. The summed E-state index contributed by atoms with van der Waals surface area (Å²) in [6, 6.07) is 13.4. The fraction of sp³-hybridized carbons (Fsp3) is 0.200. The van der Waals surface area contributed by atoms with Crippen molar-refractivity contribution in [1.29, 1.82) is 0 Å². The van der Waals surface area contributed by atoms with E-state index in [2.05, 4.69) is 5.32 Å². The zero-order chi connectivity index (χ0) is 13.7. The van der Waals surface area contributed by atoms with Crippen LogP contribution in [0.5, 0.6) is 5.75 Å². The number of hydrogen-bond acceptors (Lipinski definition) is 2. The summed E-state index contributed by atoms with van der Waals surface area (Å²) in [6.45, 7) is 1.26. The van der Waals surface area contributed by atoms with Crippen LogP contribution in [0.25, 0.3) is 0 Å². The quantitative estimate of drug-likeness (QED) is 0.888. The van der Waals surface area contributed by atoms with E-state index < -0.39 is 0 Å². The molecule has 0 radical (unpaired) electrons. The number of rotatable bonds is 5. The third-order valence-electron chi connectivity index (χ3n) is 2.68. The minimum atomic E-state index is 0.474. The average Bonchev–Trinajstić information content (AvgIpc) is 2.40. The van der Waals surface area contributed by atoms with Gasteiger partial charge in [-0.25, -0.2) is 0 Å². The molecule has 0 fully saturated rings. The lowest BCUT2D eigenvalue weighted by molar-refractivity contribution is 0.306. The van der Waals surface area contributed by atoms with Crippen molar-refractivity contribution < 1.29 is 4.74 Å². The zero-order valence-electron chi connectivity index (χ0n) is 10.6. The van der Waals surface area contributed by atoms with Gasteiger partial charge >= 0.3 is 0 Å². The van der Waals surface area contributed by atoms with Gasteiger partial charge < -0.3 is 10.1 Å². The maximum Gasteiger partial charge on any atom is 0.138 e. The highest BCUT2D eigenvalue weighted by Crippen LogP contribution is 2.26. The Morgan fingerprint density at radius 3 is 2.32 bits per heavy atom. The van der Waals surface area contributed by atoms with Gasteiger partial charge in [-0.05, 0) is 42.4 Å². The SMILES string of the molecule is CNCc1ccc(OCc2ccc(Cl)cc2)c(Cl)c1. The first-order valence-electron chi connectivity index (χ1n) is 5.99. The summed E-state index contributed by atoms with van der Waals surface area (Å²) in [5.41, 5.74) is 2.19. The van der Waals surface area contributed by atoms with Gasteiger partial charge in [-0.15, -0.1) is 0 Å². The van der Waals surface area contributed by atoms with Gasteiger partial charge in [0.1, 0.15) is 12.4 Å². The largest absolute Gasteiger partial charge is 0.487 e. The Kier molecular flexibility index (Phi) is 5.08. The van der Waals surface area contributed by atoms with E-state index in [1.165, 1.54) is 0 Å². The molecule has 0 atom stereocenters. The molecule has 0 aliphatic rings. The van der Waals surface area contributed by atoms with Crippen molar-refractivity contribution in [3.05, 3.63) is 63.6 Å². The van der Waals surface area contributed by atoms with Crippen LogP contribution in [-0.4, -0.2) is 7.05 Å². The Labute approximate surface area is 123 Å². The maximum absolute atomic E-state index is 6.18. The van der Waals surface area contributed by atoms with Crippen molar-refractivity contribution in [3.8, 4) is 5.75 Å². The van der Waals surface area contributed by atoms with Gasteiger partial charge in [-0.2, -0.15) is 0 Å². The number of halogens is 2. The highest BCUT2D eigenvalue weighted by Gasteiger charge is 2.03. The first-order chi connectivity index (χ1) is 9.19. The predicted molar refractivity (Wildman–Crippen MR) is 80.0 cm³/mol. The lowest BCUT2D eigenvalue weighted by atomic mass is 10.2. The van der Waals surface area contributed by atoms with Gasteiger partial charge in [0.25, 0.3) is 0 Å². The number of hydrogen-bond donors (Lipinski definition) is 1. The van der Waals surface area contributed by atoms with E-state index in [0.29, 0.717) is 17.4 Å². The molecule has 0 unspecified atom stereocenters. The topological polar surface area (TPSA) is 21.3 Å². The fourth-order valence-electron chi connectivity index (χ4n) is 1.72. The molecule has 0 amide bonds. The van der Waals surface area contributed by atoms with E-state index in [-0.39, 0.29) is 0 Å². The van der Waals surface area contributed by atoms with Gasteiger partial charge in [0.05, 0.1) is 5.02 Å². The van der Waals surface area contributed by atoms with Crippen molar-refractivity contribution in [1.82, 2.24) is 5.32 Å². The molecule has 2 aromatic carbocycles. The van der Waals surface area contributed by atoms with Crippen LogP contribution in [-0.2, 0) is 13.2 Å². The van der Waals surface area contributed by atoms with E-state index in [4.69, 9.17) is 27.9 Å². The molecule has 0 aliphatic heterocycles. The highest BCUT2D eigenvalue weighted by atomic mass is 35.5. The summed E-state index contributed by atoms with van der Waals surface area (Å²) in [4.78, 5) is 0. The van der Waals surface area contributed by atoms with Crippen molar-refractivity contribution in [2.75, 3.05) is 7.05 Å². The van der Waals surface area contributed by atoms with Crippen molar-refractivity contribution in [3.63, 3.8) is 0 Å². The Balaban J connectivity index is 2.01. The summed E-state index contributed by atoms with van der Waals surface area (Å²) in [5, 5.41) is 4.43. The van der Waals surface area contributed by atoms with Gasteiger partial charge in [0.2, 0.25) is 0 Å². The number of ether oxygens (including phenoxy) is 1. The third kappa shape index (κ3) is 4.13.